The number of ether oxygens (including phenoxy) is 1. The van der Waals surface area contributed by atoms with Gasteiger partial charge in [0.25, 0.3) is 0 Å². The summed E-state index contributed by atoms with van der Waals surface area (Å²) in [6, 6.07) is 8.81. The van der Waals surface area contributed by atoms with Gasteiger partial charge in [0.2, 0.25) is 11.8 Å². The van der Waals surface area contributed by atoms with Crippen molar-refractivity contribution in [2.24, 2.45) is 11.7 Å². The molecule has 19 heavy (non-hydrogen) atoms. The molecule has 0 unspecified atom stereocenters. The van der Waals surface area contributed by atoms with E-state index < -0.39 is 11.9 Å². The second kappa shape index (κ2) is 6.33. The first kappa shape index (κ1) is 13.5. The predicted molar refractivity (Wildman–Crippen MR) is 70.2 cm³/mol. The Labute approximate surface area is 112 Å². The van der Waals surface area contributed by atoms with Gasteiger partial charge in [0.05, 0.1) is 12.5 Å². The standard InChI is InChI=1S/C14H18N2O3/c15-13(17)12(8-10-4-2-1-3-5-10)16-14(18)11-6-7-19-9-11/h1-5,11-12H,6-9H2,(H2,15,17)(H,16,18)/t11-,12-/m1/s1. The van der Waals surface area contributed by atoms with Gasteiger partial charge in [-0.1, -0.05) is 30.3 Å². The lowest BCUT2D eigenvalue weighted by atomic mass is 10.0. The molecule has 5 heteroatoms. The lowest BCUT2D eigenvalue weighted by Crippen LogP contribution is -2.48. The van der Waals surface area contributed by atoms with Crippen LogP contribution < -0.4 is 11.1 Å². The molecule has 1 fully saturated rings. The first-order chi connectivity index (χ1) is 9.16. The zero-order valence-electron chi connectivity index (χ0n) is 10.7. The van der Waals surface area contributed by atoms with Crippen molar-refractivity contribution < 1.29 is 14.3 Å². The molecule has 2 atom stereocenters. The van der Waals surface area contributed by atoms with Crippen LogP contribution in [0.4, 0.5) is 0 Å². The summed E-state index contributed by atoms with van der Waals surface area (Å²) in [7, 11) is 0. The second-order valence-corrected chi connectivity index (χ2v) is 4.71. The van der Waals surface area contributed by atoms with Crippen LogP contribution in [-0.2, 0) is 20.7 Å². The van der Waals surface area contributed by atoms with E-state index in [2.05, 4.69) is 5.32 Å². The average molecular weight is 262 g/mol. The molecule has 1 aromatic carbocycles. The third-order valence-corrected chi connectivity index (χ3v) is 3.24. The molecule has 2 amide bonds. The van der Waals surface area contributed by atoms with E-state index in [1.54, 1.807) is 0 Å². The van der Waals surface area contributed by atoms with Gasteiger partial charge in [-0.25, -0.2) is 0 Å². The lowest BCUT2D eigenvalue weighted by Gasteiger charge is -2.17. The first-order valence-corrected chi connectivity index (χ1v) is 6.38. The molecule has 5 nitrogen and oxygen atoms in total. The maximum atomic E-state index is 12.0. The van der Waals surface area contributed by atoms with Gasteiger partial charge in [0.1, 0.15) is 6.04 Å². The van der Waals surface area contributed by atoms with Crippen LogP contribution in [0.25, 0.3) is 0 Å². The monoisotopic (exact) mass is 262 g/mol. The molecule has 0 aromatic heterocycles. The summed E-state index contributed by atoms with van der Waals surface area (Å²) in [6.07, 6.45) is 1.11. The number of hydrogen-bond acceptors (Lipinski definition) is 3. The number of hydrogen-bond donors (Lipinski definition) is 2. The Morgan fingerprint density at radius 2 is 2.11 bits per heavy atom. The largest absolute Gasteiger partial charge is 0.381 e. The van der Waals surface area contributed by atoms with Crippen LogP contribution in [0.2, 0.25) is 0 Å². The maximum Gasteiger partial charge on any atom is 0.240 e. The van der Waals surface area contributed by atoms with Crippen molar-refractivity contribution in [2.75, 3.05) is 13.2 Å². The summed E-state index contributed by atoms with van der Waals surface area (Å²) in [6.45, 7) is 1.01. The fourth-order valence-corrected chi connectivity index (χ4v) is 2.10. The highest BCUT2D eigenvalue weighted by Gasteiger charge is 2.27. The van der Waals surface area contributed by atoms with Gasteiger partial charge in [-0.2, -0.15) is 0 Å². The van der Waals surface area contributed by atoms with Gasteiger partial charge in [0.15, 0.2) is 0 Å². The third-order valence-electron chi connectivity index (χ3n) is 3.24. The van der Waals surface area contributed by atoms with E-state index in [9.17, 15) is 9.59 Å². The Morgan fingerprint density at radius 3 is 2.68 bits per heavy atom. The minimum Gasteiger partial charge on any atom is -0.381 e. The SMILES string of the molecule is NC(=O)[C@@H](Cc1ccccc1)NC(=O)[C@@H]1CCOC1. The molecule has 2 rings (SSSR count). The predicted octanol–water partition coefficient (Wildman–Crippen LogP) is 0.236. The number of nitrogens with two attached hydrogens (primary N) is 1. The van der Waals surface area contributed by atoms with Crippen LogP contribution >= 0.6 is 0 Å². The van der Waals surface area contributed by atoms with E-state index in [1.165, 1.54) is 0 Å². The summed E-state index contributed by atoms with van der Waals surface area (Å²) >= 11 is 0. The molecule has 1 aromatic rings. The van der Waals surface area contributed by atoms with Crippen molar-refractivity contribution in [3.05, 3.63) is 35.9 Å². The average Bonchev–Trinajstić information content (AvgIpc) is 2.93. The topological polar surface area (TPSA) is 81.4 Å². The van der Waals surface area contributed by atoms with Gasteiger partial charge in [-0.3, -0.25) is 9.59 Å². The maximum absolute atomic E-state index is 12.0. The summed E-state index contributed by atoms with van der Waals surface area (Å²) in [4.78, 5) is 23.4. The fraction of sp³-hybridized carbons (Fsp3) is 0.429. The number of amides is 2. The van der Waals surface area contributed by atoms with E-state index in [0.717, 1.165) is 5.56 Å². The smallest absolute Gasteiger partial charge is 0.240 e. The van der Waals surface area contributed by atoms with Gasteiger partial charge in [-0.15, -0.1) is 0 Å². The first-order valence-electron chi connectivity index (χ1n) is 6.38. The van der Waals surface area contributed by atoms with Crippen LogP contribution in [0.1, 0.15) is 12.0 Å². The number of rotatable bonds is 5. The minimum atomic E-state index is -0.671. The number of benzene rings is 1. The summed E-state index contributed by atoms with van der Waals surface area (Å²) in [5, 5.41) is 2.71. The molecule has 1 heterocycles. The van der Waals surface area contributed by atoms with Gasteiger partial charge in [-0.05, 0) is 12.0 Å². The molecular formula is C14H18N2O3. The highest BCUT2D eigenvalue weighted by atomic mass is 16.5. The van der Waals surface area contributed by atoms with E-state index >= 15 is 0 Å². The van der Waals surface area contributed by atoms with Crippen LogP contribution in [0, 0.1) is 5.92 Å². The van der Waals surface area contributed by atoms with Crippen molar-refractivity contribution in [1.82, 2.24) is 5.32 Å². The van der Waals surface area contributed by atoms with Crippen LogP contribution in [0.15, 0.2) is 30.3 Å². The molecule has 0 bridgehead atoms. The second-order valence-electron chi connectivity index (χ2n) is 4.71. The summed E-state index contributed by atoms with van der Waals surface area (Å²) in [5.41, 5.74) is 6.31. The van der Waals surface area contributed by atoms with Crippen molar-refractivity contribution in [3.63, 3.8) is 0 Å². The Kier molecular flexibility index (Phi) is 4.52. The molecule has 0 spiro atoms. The zero-order chi connectivity index (χ0) is 13.7. The molecule has 102 valence electrons. The van der Waals surface area contributed by atoms with E-state index in [1.807, 2.05) is 30.3 Å². The molecule has 0 saturated carbocycles. The summed E-state index contributed by atoms with van der Waals surface area (Å²) in [5.74, 6) is -0.842. The highest BCUT2D eigenvalue weighted by molar-refractivity contribution is 5.87. The van der Waals surface area contributed by atoms with Gasteiger partial charge in [0, 0.05) is 13.0 Å². The Hall–Kier alpha value is -1.88. The fourth-order valence-electron chi connectivity index (χ4n) is 2.10. The molecule has 0 aliphatic carbocycles. The number of nitrogens with one attached hydrogen (secondary N) is 1. The molecule has 1 aliphatic rings. The number of carbonyl (C=O) groups is 2. The van der Waals surface area contributed by atoms with Gasteiger partial charge >= 0.3 is 0 Å². The van der Waals surface area contributed by atoms with Gasteiger partial charge < -0.3 is 15.8 Å². The Bertz CT molecular complexity index is 441. The molecule has 1 saturated heterocycles. The highest BCUT2D eigenvalue weighted by Crippen LogP contribution is 2.13. The Morgan fingerprint density at radius 1 is 1.37 bits per heavy atom. The zero-order valence-corrected chi connectivity index (χ0v) is 10.7. The van der Waals surface area contributed by atoms with E-state index in [-0.39, 0.29) is 11.8 Å². The number of carbonyl (C=O) groups excluding carboxylic acids is 2. The van der Waals surface area contributed by atoms with Crippen molar-refractivity contribution in [2.45, 2.75) is 18.9 Å². The van der Waals surface area contributed by atoms with Crippen LogP contribution in [0.3, 0.4) is 0 Å². The van der Waals surface area contributed by atoms with Crippen LogP contribution in [-0.4, -0.2) is 31.1 Å². The van der Waals surface area contributed by atoms with E-state index in [4.69, 9.17) is 10.5 Å². The van der Waals surface area contributed by atoms with Crippen LogP contribution in [0.5, 0.6) is 0 Å². The number of primary amides is 1. The molecule has 0 radical (unpaired) electrons. The molecule has 1 aliphatic heterocycles. The lowest BCUT2D eigenvalue weighted by molar-refractivity contribution is -0.129. The molecule has 3 N–H and O–H groups in total. The Balaban J connectivity index is 1.96. The van der Waals surface area contributed by atoms with Crippen molar-refractivity contribution >= 4 is 11.8 Å². The van der Waals surface area contributed by atoms with E-state index in [0.29, 0.717) is 26.1 Å². The summed E-state index contributed by atoms with van der Waals surface area (Å²) < 4.78 is 5.16. The van der Waals surface area contributed by atoms with Crippen molar-refractivity contribution in [3.8, 4) is 0 Å². The minimum absolute atomic E-state index is 0.155. The third kappa shape index (κ3) is 3.79. The quantitative estimate of drug-likeness (QED) is 0.797. The molecular weight excluding hydrogens is 244 g/mol. The van der Waals surface area contributed by atoms with Crippen molar-refractivity contribution in [1.29, 1.82) is 0 Å². The normalized spacial score (nSPS) is 19.9.